The van der Waals surface area contributed by atoms with Crippen LogP contribution < -0.4 is 19.7 Å². The lowest BCUT2D eigenvalue weighted by Gasteiger charge is -2.26. The monoisotopic (exact) mass is 518 g/mol. The van der Waals surface area contributed by atoms with Crippen LogP contribution in [-0.4, -0.2) is 17.8 Å². The molecular weight excluding hydrogens is 492 g/mol. The minimum Gasteiger partial charge on any atom is -0.489 e. The molecule has 1 aliphatic heterocycles. The fourth-order valence-electron chi connectivity index (χ4n) is 4.12. The highest BCUT2D eigenvalue weighted by Crippen LogP contribution is 2.25. The summed E-state index contributed by atoms with van der Waals surface area (Å²) in [5.74, 6) is -0.209. The van der Waals surface area contributed by atoms with E-state index in [2.05, 4.69) is 11.4 Å². The van der Waals surface area contributed by atoms with Crippen molar-refractivity contribution in [2.45, 2.75) is 20.1 Å². The van der Waals surface area contributed by atoms with Crippen LogP contribution in [0.2, 0.25) is 0 Å². The predicted molar refractivity (Wildman–Crippen MR) is 148 cm³/mol. The van der Waals surface area contributed by atoms with Crippen LogP contribution in [0.15, 0.2) is 109 Å². The minimum absolute atomic E-state index is 0.146. The molecule has 7 nitrogen and oxygen atoms in total. The Labute approximate surface area is 226 Å². The first-order valence-electron chi connectivity index (χ1n) is 12.4. The first-order chi connectivity index (χ1) is 19.0. The number of aryl methyl sites for hydroxylation is 1. The molecule has 0 atom stereocenters. The summed E-state index contributed by atoms with van der Waals surface area (Å²) in [6, 6.07) is 30.6. The van der Waals surface area contributed by atoms with E-state index in [0.717, 1.165) is 21.6 Å². The number of anilines is 1. The summed E-state index contributed by atoms with van der Waals surface area (Å²) >= 11 is 0. The quantitative estimate of drug-likeness (QED) is 0.235. The van der Waals surface area contributed by atoms with Crippen LogP contribution in [0.25, 0.3) is 6.08 Å². The number of ether oxygens (including phenoxy) is 2. The normalized spacial score (nSPS) is 14.3. The number of urea groups is 1. The fourth-order valence-corrected chi connectivity index (χ4v) is 4.12. The van der Waals surface area contributed by atoms with Gasteiger partial charge in [-0.2, -0.15) is 0 Å². The highest BCUT2D eigenvalue weighted by atomic mass is 16.5. The van der Waals surface area contributed by atoms with Gasteiger partial charge >= 0.3 is 6.03 Å². The highest BCUT2D eigenvalue weighted by molar-refractivity contribution is 6.39. The summed E-state index contributed by atoms with van der Waals surface area (Å²) in [5.41, 5.74) is 4.04. The van der Waals surface area contributed by atoms with Gasteiger partial charge in [0.2, 0.25) is 0 Å². The van der Waals surface area contributed by atoms with Crippen molar-refractivity contribution in [1.29, 1.82) is 0 Å². The summed E-state index contributed by atoms with van der Waals surface area (Å²) < 4.78 is 11.6. The number of carbonyl (C=O) groups is 3. The molecule has 1 fully saturated rings. The van der Waals surface area contributed by atoms with Crippen LogP contribution in [0.5, 0.6) is 11.5 Å². The second kappa shape index (κ2) is 11.5. The number of carbonyl (C=O) groups excluding carboxylic acids is 3. The van der Waals surface area contributed by atoms with E-state index in [4.69, 9.17) is 9.47 Å². The zero-order valence-corrected chi connectivity index (χ0v) is 21.3. The van der Waals surface area contributed by atoms with Crippen molar-refractivity contribution in [2.24, 2.45) is 0 Å². The molecule has 0 aliphatic carbocycles. The number of amides is 4. The molecule has 0 spiro atoms. The van der Waals surface area contributed by atoms with Crippen molar-refractivity contribution < 1.29 is 23.9 Å². The lowest BCUT2D eigenvalue weighted by atomic mass is 10.1. The Kier molecular flexibility index (Phi) is 7.50. The number of hydrogen-bond donors (Lipinski definition) is 1. The van der Waals surface area contributed by atoms with Gasteiger partial charge in [-0.05, 0) is 66.1 Å². The SMILES string of the molecule is Cc1cccc(COc2ccc(/C=C3\C(=O)NC(=O)N(c4ccc(OCc5ccccc5)cc4)C3=O)cc2)c1. The molecule has 4 amide bonds. The van der Waals surface area contributed by atoms with Crippen LogP contribution in [0.4, 0.5) is 10.5 Å². The lowest BCUT2D eigenvalue weighted by molar-refractivity contribution is -0.122. The van der Waals surface area contributed by atoms with Gasteiger partial charge in [-0.15, -0.1) is 0 Å². The number of rotatable bonds is 8. The molecule has 4 aromatic carbocycles. The smallest absolute Gasteiger partial charge is 0.335 e. The zero-order valence-electron chi connectivity index (χ0n) is 21.3. The Morgan fingerprint density at radius 3 is 2.00 bits per heavy atom. The van der Waals surface area contributed by atoms with Crippen molar-refractivity contribution in [3.63, 3.8) is 0 Å². The first kappa shape index (κ1) is 25.5. The van der Waals surface area contributed by atoms with Gasteiger partial charge in [-0.25, -0.2) is 9.69 Å². The molecule has 194 valence electrons. The molecule has 7 heteroatoms. The van der Waals surface area contributed by atoms with Gasteiger partial charge in [-0.3, -0.25) is 14.9 Å². The topological polar surface area (TPSA) is 84.9 Å². The molecule has 0 saturated carbocycles. The van der Waals surface area contributed by atoms with E-state index >= 15 is 0 Å². The maximum Gasteiger partial charge on any atom is 0.335 e. The van der Waals surface area contributed by atoms with Crippen LogP contribution >= 0.6 is 0 Å². The Bertz CT molecular complexity index is 1530. The van der Waals surface area contributed by atoms with E-state index < -0.39 is 17.8 Å². The number of imide groups is 2. The van der Waals surface area contributed by atoms with Gasteiger partial charge in [0.25, 0.3) is 11.8 Å². The van der Waals surface area contributed by atoms with Crippen LogP contribution in [0.1, 0.15) is 22.3 Å². The number of nitrogens with one attached hydrogen (secondary N) is 1. The maximum absolute atomic E-state index is 13.2. The molecule has 0 bridgehead atoms. The molecule has 0 unspecified atom stereocenters. The van der Waals surface area contributed by atoms with Gasteiger partial charge in [0.15, 0.2) is 0 Å². The first-order valence-corrected chi connectivity index (χ1v) is 12.4. The van der Waals surface area contributed by atoms with E-state index in [1.165, 1.54) is 6.08 Å². The molecule has 0 radical (unpaired) electrons. The summed E-state index contributed by atoms with van der Waals surface area (Å²) in [5, 5.41) is 2.25. The molecule has 39 heavy (non-hydrogen) atoms. The molecule has 1 heterocycles. The average molecular weight is 519 g/mol. The average Bonchev–Trinajstić information content (AvgIpc) is 2.95. The van der Waals surface area contributed by atoms with Gasteiger partial charge < -0.3 is 9.47 Å². The van der Waals surface area contributed by atoms with Crippen molar-refractivity contribution in [3.8, 4) is 11.5 Å². The molecule has 1 N–H and O–H groups in total. The molecule has 0 aromatic heterocycles. The Hall–Kier alpha value is -5.17. The van der Waals surface area contributed by atoms with E-state index in [-0.39, 0.29) is 5.57 Å². The fraction of sp³-hybridized carbons (Fsp3) is 0.0938. The van der Waals surface area contributed by atoms with Gasteiger partial charge in [0.1, 0.15) is 30.3 Å². The molecular formula is C32H26N2O5. The zero-order chi connectivity index (χ0) is 27.2. The van der Waals surface area contributed by atoms with Gasteiger partial charge in [0.05, 0.1) is 5.69 Å². The summed E-state index contributed by atoms with van der Waals surface area (Å²) in [4.78, 5) is 39.3. The van der Waals surface area contributed by atoms with Crippen molar-refractivity contribution in [1.82, 2.24) is 5.32 Å². The predicted octanol–water partition coefficient (Wildman–Crippen LogP) is 5.82. The van der Waals surface area contributed by atoms with Gasteiger partial charge in [0, 0.05) is 0 Å². The third-order valence-corrected chi connectivity index (χ3v) is 6.12. The molecule has 1 saturated heterocycles. The van der Waals surface area contributed by atoms with Crippen molar-refractivity contribution in [2.75, 3.05) is 4.90 Å². The molecule has 5 rings (SSSR count). The Morgan fingerprint density at radius 1 is 0.718 bits per heavy atom. The second-order valence-electron chi connectivity index (χ2n) is 9.07. The maximum atomic E-state index is 13.2. The van der Waals surface area contributed by atoms with E-state index in [9.17, 15) is 14.4 Å². The van der Waals surface area contributed by atoms with E-state index in [0.29, 0.717) is 36.0 Å². The lowest BCUT2D eigenvalue weighted by Crippen LogP contribution is -2.54. The third-order valence-electron chi connectivity index (χ3n) is 6.12. The summed E-state index contributed by atoms with van der Waals surface area (Å²) in [6.45, 7) is 2.84. The van der Waals surface area contributed by atoms with Crippen molar-refractivity contribution in [3.05, 3.63) is 131 Å². The number of hydrogen-bond acceptors (Lipinski definition) is 5. The molecule has 4 aromatic rings. The number of barbiturate groups is 1. The number of benzene rings is 4. The minimum atomic E-state index is -0.806. The summed E-state index contributed by atoms with van der Waals surface area (Å²) in [7, 11) is 0. The highest BCUT2D eigenvalue weighted by Gasteiger charge is 2.36. The van der Waals surface area contributed by atoms with Crippen LogP contribution in [0, 0.1) is 6.92 Å². The number of nitrogens with zero attached hydrogens (tertiary/aromatic N) is 1. The van der Waals surface area contributed by atoms with E-state index in [1.807, 2.05) is 55.5 Å². The molecule has 1 aliphatic rings. The van der Waals surface area contributed by atoms with Gasteiger partial charge in [-0.1, -0.05) is 72.3 Å². The Morgan fingerprint density at radius 2 is 1.33 bits per heavy atom. The largest absolute Gasteiger partial charge is 0.489 e. The standard InChI is InChI=1S/C32H26N2O5/c1-22-6-5-9-25(18-22)21-39-27-14-10-23(11-15-27)19-29-30(35)33-32(37)34(31(29)36)26-12-16-28(17-13-26)38-20-24-7-3-2-4-8-24/h2-19H,20-21H2,1H3,(H,33,35,37)/b29-19+. The van der Waals surface area contributed by atoms with E-state index in [1.54, 1.807) is 48.5 Å². The second-order valence-corrected chi connectivity index (χ2v) is 9.07. The summed E-state index contributed by atoms with van der Waals surface area (Å²) in [6.07, 6.45) is 1.46. The van der Waals surface area contributed by atoms with Crippen LogP contribution in [-0.2, 0) is 22.8 Å². The third kappa shape index (κ3) is 6.22. The van der Waals surface area contributed by atoms with Crippen LogP contribution in [0.3, 0.4) is 0 Å². The van der Waals surface area contributed by atoms with Crippen molar-refractivity contribution >= 4 is 29.6 Å². The Balaban J connectivity index is 1.26.